The molecule has 1 heterocycles. The molecule has 7 nitrogen and oxygen atoms in total. The summed E-state index contributed by atoms with van der Waals surface area (Å²) in [5.74, 6) is 0.384. The van der Waals surface area contributed by atoms with Crippen LogP contribution in [0.5, 0.6) is 0 Å². The molecule has 0 radical (unpaired) electrons. The molecular weight excluding hydrogens is 398 g/mol. The number of nitrogens with zero attached hydrogens (tertiary/aromatic N) is 1. The Morgan fingerprint density at radius 1 is 1.13 bits per heavy atom. The number of hydrogen-bond acceptors (Lipinski definition) is 7. The highest BCUT2D eigenvalue weighted by Gasteiger charge is 2.41. The van der Waals surface area contributed by atoms with Crippen molar-refractivity contribution in [1.82, 2.24) is 5.32 Å². The molecule has 164 valence electrons. The van der Waals surface area contributed by atoms with Crippen LogP contribution in [0.3, 0.4) is 0 Å². The third-order valence-corrected chi connectivity index (χ3v) is 8.72. The second-order valence-corrected chi connectivity index (χ2v) is 11.6. The summed E-state index contributed by atoms with van der Waals surface area (Å²) in [6, 6.07) is 7.27. The van der Waals surface area contributed by atoms with Crippen LogP contribution in [-0.2, 0) is 9.84 Å². The van der Waals surface area contributed by atoms with Crippen molar-refractivity contribution in [1.29, 1.82) is 0 Å². The van der Waals surface area contributed by atoms with Crippen molar-refractivity contribution in [2.24, 2.45) is 28.3 Å². The van der Waals surface area contributed by atoms with Crippen LogP contribution in [0.25, 0.3) is 0 Å². The standard InChI is InChI=1S/C22H33N5O2S/c1-14(2)30(28,29)20-6-4-3-5-19(20)26-21-18(15-7-8-15)13-25-22(24,27-21)16-9-11-17(23)12-10-16/h3-6,13-17,25H,7-12,23-24H2,1-2H3,(H,26,27)/t16-,17-,22?. The van der Waals surface area contributed by atoms with E-state index >= 15 is 0 Å². The normalized spacial score (nSPS) is 29.8. The first-order valence-corrected chi connectivity index (χ1v) is 12.5. The second kappa shape index (κ2) is 7.98. The minimum absolute atomic E-state index is 0.181. The lowest BCUT2D eigenvalue weighted by Gasteiger charge is -2.41. The van der Waals surface area contributed by atoms with E-state index in [4.69, 9.17) is 16.5 Å². The van der Waals surface area contributed by atoms with Gasteiger partial charge in [-0.1, -0.05) is 12.1 Å². The highest BCUT2D eigenvalue weighted by atomic mass is 32.2. The van der Waals surface area contributed by atoms with Gasteiger partial charge in [0.15, 0.2) is 15.6 Å². The molecule has 1 aliphatic heterocycles. The fourth-order valence-electron chi connectivity index (χ4n) is 4.32. The summed E-state index contributed by atoms with van der Waals surface area (Å²) in [5.41, 5.74) is 14.4. The van der Waals surface area contributed by atoms with Crippen LogP contribution < -0.4 is 22.1 Å². The summed E-state index contributed by atoms with van der Waals surface area (Å²) in [6.07, 6.45) is 7.93. The molecule has 2 saturated carbocycles. The Morgan fingerprint density at radius 2 is 1.80 bits per heavy atom. The zero-order valence-electron chi connectivity index (χ0n) is 17.8. The Balaban J connectivity index is 1.67. The molecule has 8 heteroatoms. The van der Waals surface area contributed by atoms with Gasteiger partial charge in [-0.2, -0.15) is 0 Å². The van der Waals surface area contributed by atoms with E-state index in [9.17, 15) is 8.42 Å². The summed E-state index contributed by atoms with van der Waals surface area (Å²) in [5, 5.41) is 6.20. The van der Waals surface area contributed by atoms with E-state index in [0.717, 1.165) is 44.1 Å². The molecule has 0 spiro atoms. The molecule has 3 aliphatic rings. The van der Waals surface area contributed by atoms with Gasteiger partial charge in [-0.3, -0.25) is 5.73 Å². The molecule has 2 fully saturated rings. The predicted molar refractivity (Wildman–Crippen MR) is 121 cm³/mol. The quantitative estimate of drug-likeness (QED) is 0.568. The van der Waals surface area contributed by atoms with Gasteiger partial charge in [0.25, 0.3) is 0 Å². The fourth-order valence-corrected chi connectivity index (χ4v) is 5.52. The highest BCUT2D eigenvalue weighted by Crippen LogP contribution is 2.40. The van der Waals surface area contributed by atoms with Crippen LogP contribution in [0.1, 0.15) is 52.4 Å². The van der Waals surface area contributed by atoms with Crippen molar-refractivity contribution in [2.45, 2.75) is 74.3 Å². The molecule has 1 aromatic rings. The van der Waals surface area contributed by atoms with E-state index in [1.54, 1.807) is 32.0 Å². The van der Waals surface area contributed by atoms with E-state index in [1.807, 2.05) is 12.3 Å². The largest absolute Gasteiger partial charge is 0.355 e. The molecule has 0 amide bonds. The lowest BCUT2D eigenvalue weighted by atomic mass is 9.81. The number of aliphatic imine (C=N–C) groups is 1. The number of anilines is 1. The fraction of sp³-hybridized carbons (Fsp3) is 0.591. The predicted octanol–water partition coefficient (Wildman–Crippen LogP) is 2.71. The van der Waals surface area contributed by atoms with E-state index in [0.29, 0.717) is 22.3 Å². The molecule has 6 N–H and O–H groups in total. The third kappa shape index (κ3) is 4.13. The van der Waals surface area contributed by atoms with Gasteiger partial charge in [-0.05, 0) is 70.4 Å². The van der Waals surface area contributed by atoms with Gasteiger partial charge in [-0.15, -0.1) is 0 Å². The zero-order chi connectivity index (χ0) is 21.5. The lowest BCUT2D eigenvalue weighted by molar-refractivity contribution is 0.178. The van der Waals surface area contributed by atoms with Gasteiger partial charge in [0.1, 0.15) is 5.84 Å². The Bertz CT molecular complexity index is 959. The van der Waals surface area contributed by atoms with E-state index in [2.05, 4.69) is 10.6 Å². The van der Waals surface area contributed by atoms with Crippen LogP contribution in [0, 0.1) is 11.8 Å². The van der Waals surface area contributed by atoms with Crippen LogP contribution in [0.15, 0.2) is 45.9 Å². The van der Waals surface area contributed by atoms with E-state index in [1.165, 1.54) is 0 Å². The lowest BCUT2D eigenvalue weighted by Crippen LogP contribution is -2.59. The molecule has 0 aromatic heterocycles. The SMILES string of the molecule is CC(C)S(=O)(=O)c1ccccc1NC1=NC(N)([C@H]2CC[C@H](N)CC2)NC=C1C1CC1. The summed E-state index contributed by atoms with van der Waals surface area (Å²) in [6.45, 7) is 3.39. The van der Waals surface area contributed by atoms with E-state index in [-0.39, 0.29) is 12.0 Å². The number of nitrogens with two attached hydrogens (primary N) is 2. The Hall–Kier alpha value is -1.90. The number of nitrogens with one attached hydrogen (secondary N) is 2. The Kier molecular flexibility index (Phi) is 5.67. The maximum Gasteiger partial charge on any atom is 0.187 e. The summed E-state index contributed by atoms with van der Waals surface area (Å²) < 4.78 is 25.8. The molecule has 4 rings (SSSR count). The average molecular weight is 432 g/mol. The number of rotatable bonds is 5. The first-order valence-electron chi connectivity index (χ1n) is 10.9. The summed E-state index contributed by atoms with van der Waals surface area (Å²) >= 11 is 0. The van der Waals surface area contributed by atoms with E-state index < -0.39 is 20.9 Å². The maximum atomic E-state index is 12.9. The molecule has 2 aliphatic carbocycles. The number of sulfone groups is 1. The molecule has 1 unspecified atom stereocenters. The number of para-hydroxylation sites is 1. The Labute approximate surface area is 179 Å². The molecule has 30 heavy (non-hydrogen) atoms. The topological polar surface area (TPSA) is 123 Å². The first kappa shape index (κ1) is 21.3. The number of amidine groups is 1. The summed E-state index contributed by atoms with van der Waals surface area (Å²) in [4.78, 5) is 5.23. The van der Waals surface area contributed by atoms with Crippen LogP contribution in [-0.4, -0.2) is 31.3 Å². The van der Waals surface area contributed by atoms with Crippen molar-refractivity contribution in [3.05, 3.63) is 36.0 Å². The molecule has 1 atom stereocenters. The van der Waals surface area contributed by atoms with Crippen LogP contribution in [0.2, 0.25) is 0 Å². The van der Waals surface area contributed by atoms with Crippen molar-refractivity contribution in [3.8, 4) is 0 Å². The second-order valence-electron chi connectivity index (χ2n) is 9.13. The van der Waals surface area contributed by atoms with Gasteiger partial charge in [0.2, 0.25) is 0 Å². The van der Waals surface area contributed by atoms with Gasteiger partial charge >= 0.3 is 0 Å². The number of hydrogen-bond donors (Lipinski definition) is 4. The van der Waals surface area contributed by atoms with Gasteiger partial charge in [0, 0.05) is 23.7 Å². The maximum absolute atomic E-state index is 12.9. The molecular formula is C22H33N5O2S. The molecule has 0 saturated heterocycles. The molecule has 0 bridgehead atoms. The Morgan fingerprint density at radius 3 is 2.43 bits per heavy atom. The van der Waals surface area contributed by atoms with Crippen LogP contribution in [0.4, 0.5) is 5.69 Å². The van der Waals surface area contributed by atoms with Gasteiger partial charge in [0.05, 0.1) is 15.8 Å². The first-order chi connectivity index (χ1) is 14.2. The molecule has 1 aromatic carbocycles. The van der Waals surface area contributed by atoms with Crippen molar-refractivity contribution < 1.29 is 8.42 Å². The third-order valence-electron chi connectivity index (χ3n) is 6.51. The van der Waals surface area contributed by atoms with Gasteiger partial charge < -0.3 is 16.4 Å². The van der Waals surface area contributed by atoms with Crippen LogP contribution >= 0.6 is 0 Å². The highest BCUT2D eigenvalue weighted by molar-refractivity contribution is 7.92. The summed E-state index contributed by atoms with van der Waals surface area (Å²) in [7, 11) is -3.43. The smallest absolute Gasteiger partial charge is 0.187 e. The van der Waals surface area contributed by atoms with Crippen molar-refractivity contribution >= 4 is 21.4 Å². The average Bonchev–Trinajstić information content (AvgIpc) is 3.54. The van der Waals surface area contributed by atoms with Crippen molar-refractivity contribution in [3.63, 3.8) is 0 Å². The monoisotopic (exact) mass is 431 g/mol. The van der Waals surface area contributed by atoms with Gasteiger partial charge in [-0.25, -0.2) is 13.4 Å². The number of benzene rings is 1. The minimum Gasteiger partial charge on any atom is -0.355 e. The van der Waals surface area contributed by atoms with Crippen molar-refractivity contribution in [2.75, 3.05) is 5.32 Å². The minimum atomic E-state index is -3.43. The zero-order valence-corrected chi connectivity index (χ0v) is 18.6.